The van der Waals surface area contributed by atoms with Crippen LogP contribution in [0.4, 0.5) is 0 Å². The second-order valence-corrected chi connectivity index (χ2v) is 7.64. The number of carbonyl (C=O) groups is 1. The van der Waals surface area contributed by atoms with E-state index in [1.54, 1.807) is 12.1 Å². The van der Waals surface area contributed by atoms with Crippen molar-refractivity contribution in [2.75, 3.05) is 6.54 Å². The predicted octanol–water partition coefficient (Wildman–Crippen LogP) is 4.81. The molecule has 0 aliphatic carbocycles. The van der Waals surface area contributed by atoms with Gasteiger partial charge in [-0.15, -0.1) is 11.3 Å². The van der Waals surface area contributed by atoms with E-state index in [0.29, 0.717) is 21.2 Å². The third-order valence-electron chi connectivity index (χ3n) is 3.81. The molecule has 4 nitrogen and oxygen atoms in total. The Morgan fingerprint density at radius 2 is 2.00 bits per heavy atom. The van der Waals surface area contributed by atoms with Crippen LogP contribution in [0, 0.1) is 0 Å². The predicted molar refractivity (Wildman–Crippen MR) is 106 cm³/mol. The molecule has 2 N–H and O–H groups in total. The molecule has 1 amide bonds. The van der Waals surface area contributed by atoms with Gasteiger partial charge in [-0.1, -0.05) is 41.9 Å². The second-order valence-electron chi connectivity index (χ2n) is 6.21. The smallest absolute Gasteiger partial charge is 0.263 e. The fourth-order valence-electron chi connectivity index (χ4n) is 2.61. The minimum absolute atomic E-state index is 0.0530. The number of aliphatic hydroxyl groups excluding tert-OH is 1. The molecule has 0 aliphatic heterocycles. The molecule has 0 saturated heterocycles. The molecular formula is C20H20ClNO3S. The molecule has 136 valence electrons. The van der Waals surface area contributed by atoms with E-state index in [4.69, 9.17) is 16.3 Å². The summed E-state index contributed by atoms with van der Waals surface area (Å²) in [5.41, 5.74) is 0.686. The van der Waals surface area contributed by atoms with Gasteiger partial charge in [0.05, 0.1) is 17.2 Å². The number of aliphatic hydroxyl groups is 1. The maximum atomic E-state index is 12.5. The van der Waals surface area contributed by atoms with E-state index in [1.165, 1.54) is 11.3 Å². The number of rotatable bonds is 6. The van der Waals surface area contributed by atoms with Crippen molar-refractivity contribution in [2.45, 2.75) is 26.1 Å². The van der Waals surface area contributed by atoms with Crippen LogP contribution in [0.1, 0.15) is 35.2 Å². The summed E-state index contributed by atoms with van der Waals surface area (Å²) in [7, 11) is 0. The first kappa shape index (κ1) is 18.7. The largest absolute Gasteiger partial charge is 0.491 e. The van der Waals surface area contributed by atoms with Gasteiger partial charge in [0.2, 0.25) is 0 Å². The van der Waals surface area contributed by atoms with Crippen LogP contribution < -0.4 is 10.1 Å². The summed E-state index contributed by atoms with van der Waals surface area (Å²) in [6, 6.07) is 14.9. The molecule has 0 bridgehead atoms. The number of nitrogens with one attached hydrogen (secondary N) is 1. The van der Waals surface area contributed by atoms with Gasteiger partial charge in [0.1, 0.15) is 10.6 Å². The summed E-state index contributed by atoms with van der Waals surface area (Å²) in [6.07, 6.45) is -0.778. The Balaban J connectivity index is 1.68. The van der Waals surface area contributed by atoms with Crippen molar-refractivity contribution in [3.63, 3.8) is 0 Å². The first-order valence-electron chi connectivity index (χ1n) is 8.35. The van der Waals surface area contributed by atoms with Gasteiger partial charge in [0, 0.05) is 16.6 Å². The second kappa shape index (κ2) is 8.08. The Labute approximate surface area is 161 Å². The van der Waals surface area contributed by atoms with Crippen molar-refractivity contribution in [3.05, 3.63) is 64.0 Å². The van der Waals surface area contributed by atoms with Crippen LogP contribution in [-0.2, 0) is 0 Å². The molecule has 3 aromatic rings. The summed E-state index contributed by atoms with van der Waals surface area (Å²) in [4.78, 5) is 12.9. The zero-order valence-corrected chi connectivity index (χ0v) is 16.1. The van der Waals surface area contributed by atoms with E-state index < -0.39 is 6.10 Å². The number of halogens is 1. The molecule has 1 unspecified atom stereocenters. The Bertz CT molecular complexity index is 922. The summed E-state index contributed by atoms with van der Waals surface area (Å²) >= 11 is 7.67. The Morgan fingerprint density at radius 3 is 2.73 bits per heavy atom. The fourth-order valence-corrected chi connectivity index (χ4v) is 4.05. The monoisotopic (exact) mass is 389 g/mol. The van der Waals surface area contributed by atoms with E-state index >= 15 is 0 Å². The molecule has 1 aromatic heterocycles. The molecule has 1 heterocycles. The van der Waals surface area contributed by atoms with Gasteiger partial charge in [0.15, 0.2) is 0 Å². The van der Waals surface area contributed by atoms with E-state index in [9.17, 15) is 9.90 Å². The molecular weight excluding hydrogens is 370 g/mol. The summed E-state index contributed by atoms with van der Waals surface area (Å²) < 4.78 is 6.60. The third-order valence-corrected chi connectivity index (χ3v) is 5.49. The van der Waals surface area contributed by atoms with Crippen molar-refractivity contribution in [1.29, 1.82) is 0 Å². The van der Waals surface area contributed by atoms with Crippen LogP contribution in [-0.4, -0.2) is 23.7 Å². The third kappa shape index (κ3) is 4.18. The minimum atomic E-state index is -0.831. The lowest BCUT2D eigenvalue weighted by molar-refractivity contribution is 0.0920. The van der Waals surface area contributed by atoms with Crippen molar-refractivity contribution < 1.29 is 14.6 Å². The van der Waals surface area contributed by atoms with Crippen molar-refractivity contribution in [3.8, 4) is 5.75 Å². The molecule has 3 rings (SSSR count). The average molecular weight is 390 g/mol. The Kier molecular flexibility index (Phi) is 5.81. The molecule has 0 radical (unpaired) electrons. The van der Waals surface area contributed by atoms with E-state index in [2.05, 4.69) is 5.32 Å². The molecule has 6 heteroatoms. The molecule has 0 aliphatic rings. The van der Waals surface area contributed by atoms with Gasteiger partial charge in [-0.05, 0) is 37.6 Å². The lowest BCUT2D eigenvalue weighted by Gasteiger charge is -2.15. The number of fused-ring (bicyclic) bond motifs is 1. The number of thiophene rings is 1. The number of ether oxygens (including phenoxy) is 1. The lowest BCUT2D eigenvalue weighted by Crippen LogP contribution is -2.28. The van der Waals surface area contributed by atoms with E-state index in [-0.39, 0.29) is 18.6 Å². The number of benzene rings is 2. The topological polar surface area (TPSA) is 58.6 Å². The van der Waals surface area contributed by atoms with Gasteiger partial charge in [-0.25, -0.2) is 0 Å². The molecule has 0 fully saturated rings. The first-order valence-corrected chi connectivity index (χ1v) is 9.55. The highest BCUT2D eigenvalue weighted by Crippen LogP contribution is 2.35. The molecule has 1 atom stereocenters. The van der Waals surface area contributed by atoms with Crippen molar-refractivity contribution in [1.82, 2.24) is 5.32 Å². The highest BCUT2D eigenvalue weighted by atomic mass is 35.5. The van der Waals surface area contributed by atoms with Gasteiger partial charge < -0.3 is 15.2 Å². The van der Waals surface area contributed by atoms with E-state index in [0.717, 1.165) is 10.1 Å². The first-order chi connectivity index (χ1) is 12.5. The van der Waals surface area contributed by atoms with Gasteiger partial charge in [0.25, 0.3) is 5.91 Å². The summed E-state index contributed by atoms with van der Waals surface area (Å²) in [6.45, 7) is 3.98. The quantitative estimate of drug-likeness (QED) is 0.636. The van der Waals surface area contributed by atoms with Crippen LogP contribution in [0.3, 0.4) is 0 Å². The zero-order valence-electron chi connectivity index (χ0n) is 14.5. The van der Waals surface area contributed by atoms with Gasteiger partial charge >= 0.3 is 0 Å². The van der Waals surface area contributed by atoms with Gasteiger partial charge in [-0.2, -0.15) is 0 Å². The average Bonchev–Trinajstić information content (AvgIpc) is 2.96. The normalized spacial score (nSPS) is 12.3. The highest BCUT2D eigenvalue weighted by molar-refractivity contribution is 7.21. The van der Waals surface area contributed by atoms with Crippen LogP contribution in [0.15, 0.2) is 48.5 Å². The van der Waals surface area contributed by atoms with Crippen molar-refractivity contribution in [2.24, 2.45) is 0 Å². The molecule has 0 spiro atoms. The maximum absolute atomic E-state index is 12.5. The number of hydrogen-bond acceptors (Lipinski definition) is 4. The van der Waals surface area contributed by atoms with Crippen LogP contribution in [0.5, 0.6) is 5.75 Å². The van der Waals surface area contributed by atoms with Crippen molar-refractivity contribution >= 4 is 38.9 Å². The van der Waals surface area contributed by atoms with Gasteiger partial charge in [-0.3, -0.25) is 4.79 Å². The SMILES string of the molecule is CC(C)Oc1cccc(C(O)CNC(=O)c2sc3ccccc3c2Cl)c1. The fraction of sp³-hybridized carbons (Fsp3) is 0.250. The molecule has 26 heavy (non-hydrogen) atoms. The molecule has 0 saturated carbocycles. The lowest BCUT2D eigenvalue weighted by atomic mass is 10.1. The van der Waals surface area contributed by atoms with Crippen LogP contribution >= 0.6 is 22.9 Å². The number of hydrogen-bond donors (Lipinski definition) is 2. The maximum Gasteiger partial charge on any atom is 0.263 e. The minimum Gasteiger partial charge on any atom is -0.491 e. The molecule has 2 aromatic carbocycles. The van der Waals surface area contributed by atoms with Crippen LogP contribution in [0.2, 0.25) is 5.02 Å². The summed E-state index contributed by atoms with van der Waals surface area (Å²) in [5, 5.41) is 14.5. The van der Waals surface area contributed by atoms with Crippen LogP contribution in [0.25, 0.3) is 10.1 Å². The Hall–Kier alpha value is -2.08. The highest BCUT2D eigenvalue weighted by Gasteiger charge is 2.18. The number of carbonyl (C=O) groups excluding carboxylic acids is 1. The zero-order chi connectivity index (χ0) is 18.7. The summed E-state index contributed by atoms with van der Waals surface area (Å²) in [5.74, 6) is 0.403. The van der Waals surface area contributed by atoms with E-state index in [1.807, 2.05) is 50.2 Å². The standard InChI is InChI=1S/C20H20ClNO3S/c1-12(2)25-14-7-5-6-13(10-14)16(23)11-22-20(24)19-18(21)15-8-3-4-9-17(15)26-19/h3-10,12,16,23H,11H2,1-2H3,(H,22,24). The number of amides is 1. The Morgan fingerprint density at radius 1 is 1.23 bits per heavy atom.